The van der Waals surface area contributed by atoms with Gasteiger partial charge in [-0.2, -0.15) is 0 Å². The van der Waals surface area contributed by atoms with E-state index < -0.39 is 0 Å². The number of halogens is 1. The van der Waals surface area contributed by atoms with E-state index in [1.807, 2.05) is 57.2 Å². The van der Waals surface area contributed by atoms with Crippen LogP contribution in [-0.2, 0) is 0 Å². The van der Waals surface area contributed by atoms with E-state index in [0.717, 1.165) is 16.9 Å². The minimum atomic E-state index is -0.287. The summed E-state index contributed by atoms with van der Waals surface area (Å²) in [6.07, 6.45) is 0. The average molecular weight is 332 g/mol. The maximum atomic E-state index is 12.1. The fraction of sp³-hybridized carbons (Fsp3) is 0.316. The van der Waals surface area contributed by atoms with Crippen LogP contribution in [0.5, 0.6) is 5.75 Å². The van der Waals surface area contributed by atoms with Crippen LogP contribution in [0.25, 0.3) is 0 Å². The molecular weight excluding hydrogens is 310 g/mol. The Morgan fingerprint density at radius 2 is 1.74 bits per heavy atom. The van der Waals surface area contributed by atoms with Crippen LogP contribution in [0.3, 0.4) is 0 Å². The van der Waals surface area contributed by atoms with E-state index in [1.54, 1.807) is 19.2 Å². The van der Waals surface area contributed by atoms with E-state index in [9.17, 15) is 4.79 Å². The van der Waals surface area contributed by atoms with Crippen LogP contribution < -0.4 is 10.1 Å². The van der Waals surface area contributed by atoms with Crippen molar-refractivity contribution in [1.29, 1.82) is 0 Å². The first-order chi connectivity index (χ1) is 10.8. The van der Waals surface area contributed by atoms with Gasteiger partial charge >= 0.3 is 0 Å². The van der Waals surface area contributed by atoms with Crippen molar-refractivity contribution in [2.45, 2.75) is 31.7 Å². The number of amides is 1. The molecule has 0 aliphatic carbocycles. The molecule has 122 valence electrons. The highest BCUT2D eigenvalue weighted by atomic mass is 35.5. The highest BCUT2D eigenvalue weighted by Crippen LogP contribution is 2.30. The zero-order chi connectivity index (χ0) is 17.0. The van der Waals surface area contributed by atoms with Crippen LogP contribution in [0.4, 0.5) is 0 Å². The number of nitrogens with one attached hydrogen (secondary N) is 1. The normalized spacial score (nSPS) is 12.6. The Balaban J connectivity index is 2.17. The molecule has 0 aliphatic heterocycles. The fourth-order valence-corrected chi connectivity index (χ4v) is 2.49. The van der Waals surface area contributed by atoms with Gasteiger partial charge in [0.25, 0.3) is 5.91 Å². The molecule has 0 saturated carbocycles. The maximum absolute atomic E-state index is 12.1. The molecule has 1 atom stereocenters. The van der Waals surface area contributed by atoms with Crippen molar-refractivity contribution >= 4 is 17.5 Å². The predicted octanol–water partition coefficient (Wildman–Crippen LogP) is 4.55. The van der Waals surface area contributed by atoms with Crippen molar-refractivity contribution in [3.8, 4) is 5.75 Å². The summed E-state index contributed by atoms with van der Waals surface area (Å²) < 4.78 is 5.23. The van der Waals surface area contributed by atoms with Gasteiger partial charge in [-0.25, -0.2) is 0 Å². The molecule has 3 nitrogen and oxygen atoms in total. The summed E-state index contributed by atoms with van der Waals surface area (Å²) in [6.45, 7) is 5.87. The molecule has 23 heavy (non-hydrogen) atoms. The highest BCUT2D eigenvalue weighted by Gasteiger charge is 2.16. The summed E-state index contributed by atoms with van der Waals surface area (Å²) in [5.41, 5.74) is 2.26. The minimum absolute atomic E-state index is 0.0865. The number of carbonyl (C=O) groups excluding carboxylic acids is 1. The van der Waals surface area contributed by atoms with Gasteiger partial charge in [0.2, 0.25) is 0 Å². The molecular formula is C19H22ClNO2. The lowest BCUT2D eigenvalue weighted by Gasteiger charge is -2.20. The summed E-state index contributed by atoms with van der Waals surface area (Å²) in [5.74, 6) is 0.686. The number of carbonyl (C=O) groups is 1. The Hall–Kier alpha value is -2.00. The molecule has 2 rings (SSSR count). The summed E-state index contributed by atoms with van der Waals surface area (Å²) in [5, 5.41) is 2.66. The number of benzene rings is 2. The number of rotatable bonds is 4. The summed E-state index contributed by atoms with van der Waals surface area (Å²) in [6, 6.07) is 15.0. The molecule has 1 N–H and O–H groups in total. The molecule has 0 spiro atoms. The van der Waals surface area contributed by atoms with Gasteiger partial charge in [0.1, 0.15) is 5.75 Å². The molecule has 0 aromatic heterocycles. The quantitative estimate of drug-likeness (QED) is 0.834. The number of hydrogen-bond acceptors (Lipinski definition) is 2. The lowest BCUT2D eigenvalue weighted by Crippen LogP contribution is -2.40. The molecule has 1 amide bonds. The number of ether oxygens (including phenoxy) is 1. The lowest BCUT2D eigenvalue weighted by atomic mass is 10.0. The number of hydrogen-bond donors (Lipinski definition) is 1. The Morgan fingerprint density at radius 3 is 2.30 bits per heavy atom. The molecule has 2 aromatic rings. The van der Waals surface area contributed by atoms with Crippen LogP contribution in [0.1, 0.15) is 47.6 Å². The Kier molecular flexibility index (Phi) is 5.32. The van der Waals surface area contributed by atoms with Gasteiger partial charge in [-0.1, -0.05) is 24.3 Å². The summed E-state index contributed by atoms with van der Waals surface area (Å²) in [4.78, 5) is 12.1. The first-order valence-corrected chi connectivity index (χ1v) is 7.94. The first-order valence-electron chi connectivity index (χ1n) is 7.50. The van der Waals surface area contributed by atoms with E-state index in [0.29, 0.717) is 5.56 Å². The fourth-order valence-electron chi connectivity index (χ4n) is 2.21. The van der Waals surface area contributed by atoms with Crippen LogP contribution >= 0.6 is 11.6 Å². The first kappa shape index (κ1) is 17.4. The highest BCUT2D eigenvalue weighted by molar-refractivity contribution is 6.22. The second-order valence-electron chi connectivity index (χ2n) is 6.47. The Morgan fingerprint density at radius 1 is 1.09 bits per heavy atom. The van der Waals surface area contributed by atoms with E-state index >= 15 is 0 Å². The van der Waals surface area contributed by atoms with Crippen molar-refractivity contribution in [1.82, 2.24) is 5.32 Å². The lowest BCUT2D eigenvalue weighted by molar-refractivity contribution is 0.0919. The molecule has 0 fully saturated rings. The van der Waals surface area contributed by atoms with Crippen LogP contribution in [0.15, 0.2) is 48.5 Å². The van der Waals surface area contributed by atoms with Crippen LogP contribution in [-0.4, -0.2) is 18.6 Å². The van der Waals surface area contributed by atoms with Crippen molar-refractivity contribution in [3.05, 3.63) is 65.2 Å². The second kappa shape index (κ2) is 7.05. The Labute approximate surface area is 142 Å². The topological polar surface area (TPSA) is 38.3 Å². The molecule has 0 radical (unpaired) electrons. The molecule has 2 aromatic carbocycles. The van der Waals surface area contributed by atoms with Gasteiger partial charge in [0, 0.05) is 11.1 Å². The van der Waals surface area contributed by atoms with Gasteiger partial charge in [-0.05, 0) is 56.2 Å². The van der Waals surface area contributed by atoms with E-state index in [-0.39, 0.29) is 16.8 Å². The second-order valence-corrected chi connectivity index (χ2v) is 6.90. The van der Waals surface area contributed by atoms with E-state index in [1.165, 1.54) is 0 Å². The molecule has 0 saturated heterocycles. The SMILES string of the molecule is COc1cccc(C(Cl)c2ccc(C(=O)NC(C)(C)C)cc2)c1. The minimum Gasteiger partial charge on any atom is -0.497 e. The zero-order valence-electron chi connectivity index (χ0n) is 13.9. The number of methoxy groups -OCH3 is 1. The standard InChI is InChI=1S/C19H22ClNO2/c1-19(2,3)21-18(22)14-10-8-13(9-11-14)17(20)15-6-5-7-16(12-15)23-4/h5-12,17H,1-4H3,(H,21,22). The molecule has 0 aliphatic rings. The molecule has 0 heterocycles. The molecule has 1 unspecified atom stereocenters. The average Bonchev–Trinajstić information content (AvgIpc) is 2.53. The van der Waals surface area contributed by atoms with Gasteiger partial charge < -0.3 is 10.1 Å². The largest absolute Gasteiger partial charge is 0.497 e. The van der Waals surface area contributed by atoms with Gasteiger partial charge in [-0.3, -0.25) is 4.79 Å². The van der Waals surface area contributed by atoms with Crippen molar-refractivity contribution < 1.29 is 9.53 Å². The smallest absolute Gasteiger partial charge is 0.251 e. The van der Waals surface area contributed by atoms with Crippen LogP contribution in [0, 0.1) is 0 Å². The van der Waals surface area contributed by atoms with Crippen molar-refractivity contribution in [3.63, 3.8) is 0 Å². The maximum Gasteiger partial charge on any atom is 0.251 e. The third kappa shape index (κ3) is 4.73. The third-order valence-electron chi connectivity index (χ3n) is 3.34. The van der Waals surface area contributed by atoms with Gasteiger partial charge in [0.05, 0.1) is 12.5 Å². The van der Waals surface area contributed by atoms with Crippen molar-refractivity contribution in [2.24, 2.45) is 0 Å². The van der Waals surface area contributed by atoms with Gasteiger partial charge in [0.15, 0.2) is 0 Å². The Bertz CT molecular complexity index is 675. The molecule has 0 bridgehead atoms. The van der Waals surface area contributed by atoms with Gasteiger partial charge in [-0.15, -0.1) is 11.6 Å². The van der Waals surface area contributed by atoms with Crippen molar-refractivity contribution in [2.75, 3.05) is 7.11 Å². The summed E-state index contributed by atoms with van der Waals surface area (Å²) in [7, 11) is 1.63. The molecule has 4 heteroatoms. The zero-order valence-corrected chi connectivity index (χ0v) is 14.6. The predicted molar refractivity (Wildman–Crippen MR) is 94.4 cm³/mol. The summed E-state index contributed by atoms with van der Waals surface area (Å²) >= 11 is 6.54. The van der Waals surface area contributed by atoms with Crippen LogP contribution in [0.2, 0.25) is 0 Å². The third-order valence-corrected chi connectivity index (χ3v) is 3.84. The number of alkyl halides is 1. The van der Waals surface area contributed by atoms with E-state index in [4.69, 9.17) is 16.3 Å². The van der Waals surface area contributed by atoms with E-state index in [2.05, 4.69) is 5.32 Å². The monoisotopic (exact) mass is 331 g/mol.